The van der Waals surface area contributed by atoms with E-state index in [1.165, 1.54) is 0 Å². The van der Waals surface area contributed by atoms with Crippen molar-refractivity contribution in [1.82, 2.24) is 5.32 Å². The molecule has 21 heavy (non-hydrogen) atoms. The van der Waals surface area contributed by atoms with Gasteiger partial charge in [0.2, 0.25) is 5.91 Å². The van der Waals surface area contributed by atoms with Gasteiger partial charge in [-0.2, -0.15) is 0 Å². The van der Waals surface area contributed by atoms with Crippen LogP contribution in [-0.2, 0) is 9.53 Å². The first kappa shape index (κ1) is 16.2. The Morgan fingerprint density at radius 3 is 2.95 bits per heavy atom. The van der Waals surface area contributed by atoms with E-state index in [0.29, 0.717) is 25.3 Å². The fraction of sp³-hybridized carbons (Fsp3) is 0.562. The molecule has 0 saturated heterocycles. The van der Waals surface area contributed by atoms with Crippen LogP contribution < -0.4 is 11.1 Å². The zero-order chi connectivity index (χ0) is 14.9. The molecule has 1 saturated carbocycles. The molecule has 3 N–H and O–H groups in total. The maximum Gasteiger partial charge on any atom is 0.244 e. The van der Waals surface area contributed by atoms with Gasteiger partial charge in [-0.15, -0.1) is 11.3 Å². The summed E-state index contributed by atoms with van der Waals surface area (Å²) in [5, 5.41) is 4.86. The summed E-state index contributed by atoms with van der Waals surface area (Å²) in [6.45, 7) is 1.36. The van der Waals surface area contributed by atoms with Crippen molar-refractivity contribution in [2.75, 3.05) is 13.2 Å². The molecule has 0 unspecified atom stereocenters. The third kappa shape index (κ3) is 6.42. The van der Waals surface area contributed by atoms with Crippen molar-refractivity contribution in [3.8, 4) is 0 Å². The van der Waals surface area contributed by atoms with Gasteiger partial charge in [-0.1, -0.05) is 6.07 Å². The Labute approximate surface area is 130 Å². The molecular weight excluding hydrogens is 284 g/mol. The molecule has 0 bridgehead atoms. The number of carbonyl (C=O) groups is 1. The van der Waals surface area contributed by atoms with Gasteiger partial charge < -0.3 is 15.8 Å². The van der Waals surface area contributed by atoms with Crippen LogP contribution in [0.5, 0.6) is 0 Å². The highest BCUT2D eigenvalue weighted by atomic mass is 32.1. The summed E-state index contributed by atoms with van der Waals surface area (Å²) < 4.78 is 5.81. The predicted molar refractivity (Wildman–Crippen MR) is 87.2 cm³/mol. The van der Waals surface area contributed by atoms with Crippen molar-refractivity contribution in [2.45, 2.75) is 44.2 Å². The molecule has 1 heterocycles. The van der Waals surface area contributed by atoms with Crippen molar-refractivity contribution < 1.29 is 9.53 Å². The molecule has 0 atom stereocenters. The fourth-order valence-corrected chi connectivity index (χ4v) is 3.01. The highest BCUT2D eigenvalue weighted by Crippen LogP contribution is 2.19. The first-order valence-electron chi connectivity index (χ1n) is 7.60. The van der Waals surface area contributed by atoms with Crippen LogP contribution in [0.1, 0.15) is 37.0 Å². The lowest BCUT2D eigenvalue weighted by Gasteiger charge is -2.26. The van der Waals surface area contributed by atoms with Crippen LogP contribution in [0.25, 0.3) is 6.08 Å². The second-order valence-corrected chi connectivity index (χ2v) is 6.38. The van der Waals surface area contributed by atoms with Gasteiger partial charge in [0.15, 0.2) is 0 Å². The van der Waals surface area contributed by atoms with E-state index in [9.17, 15) is 4.79 Å². The number of hydrogen-bond donors (Lipinski definition) is 2. The molecule has 0 aromatic carbocycles. The molecule has 4 nitrogen and oxygen atoms in total. The van der Waals surface area contributed by atoms with Crippen LogP contribution in [0, 0.1) is 0 Å². The van der Waals surface area contributed by atoms with Gasteiger partial charge in [0.05, 0.1) is 6.10 Å². The van der Waals surface area contributed by atoms with Crippen molar-refractivity contribution >= 4 is 23.3 Å². The lowest BCUT2D eigenvalue weighted by molar-refractivity contribution is -0.116. The summed E-state index contributed by atoms with van der Waals surface area (Å²) in [5.74, 6) is -0.0490. The molecule has 5 heteroatoms. The average Bonchev–Trinajstić information content (AvgIpc) is 3.00. The summed E-state index contributed by atoms with van der Waals surface area (Å²) in [5.41, 5.74) is 5.86. The second kappa shape index (κ2) is 8.97. The fourth-order valence-electron chi connectivity index (χ4n) is 2.39. The average molecular weight is 308 g/mol. The minimum absolute atomic E-state index is 0.0490. The van der Waals surface area contributed by atoms with Gasteiger partial charge in [-0.25, -0.2) is 0 Å². The lowest BCUT2D eigenvalue weighted by atomic mass is 9.94. The summed E-state index contributed by atoms with van der Waals surface area (Å²) in [7, 11) is 0. The van der Waals surface area contributed by atoms with E-state index in [1.807, 2.05) is 23.6 Å². The van der Waals surface area contributed by atoms with Gasteiger partial charge in [0.25, 0.3) is 0 Å². The molecular formula is C16H24N2O2S. The Bertz CT molecular complexity index is 437. The van der Waals surface area contributed by atoms with Crippen molar-refractivity contribution in [3.05, 3.63) is 28.5 Å². The summed E-state index contributed by atoms with van der Waals surface area (Å²) in [6.07, 6.45) is 8.88. The van der Waals surface area contributed by atoms with Crippen LogP contribution in [0.15, 0.2) is 23.6 Å². The van der Waals surface area contributed by atoms with Crippen LogP contribution in [0.3, 0.4) is 0 Å². The summed E-state index contributed by atoms with van der Waals surface area (Å²) in [4.78, 5) is 12.7. The van der Waals surface area contributed by atoms with Crippen molar-refractivity contribution in [1.29, 1.82) is 0 Å². The summed E-state index contributed by atoms with van der Waals surface area (Å²) >= 11 is 1.62. The van der Waals surface area contributed by atoms with E-state index in [1.54, 1.807) is 17.4 Å². The van der Waals surface area contributed by atoms with Gasteiger partial charge in [-0.05, 0) is 49.6 Å². The first-order chi connectivity index (χ1) is 10.2. The Morgan fingerprint density at radius 1 is 1.43 bits per heavy atom. The number of carbonyl (C=O) groups excluding carboxylic acids is 1. The Kier molecular flexibility index (Phi) is 6.92. The molecule has 0 aliphatic heterocycles. The van der Waals surface area contributed by atoms with Crippen LogP contribution in [-0.4, -0.2) is 31.2 Å². The number of rotatable bonds is 7. The van der Waals surface area contributed by atoms with Crippen LogP contribution in [0.4, 0.5) is 0 Å². The third-order valence-electron chi connectivity index (χ3n) is 3.63. The highest BCUT2D eigenvalue weighted by Gasteiger charge is 2.18. The highest BCUT2D eigenvalue weighted by molar-refractivity contribution is 7.10. The van der Waals surface area contributed by atoms with E-state index < -0.39 is 0 Å². The maximum absolute atomic E-state index is 11.6. The molecule has 0 radical (unpaired) electrons. The van der Waals surface area contributed by atoms with Gasteiger partial charge >= 0.3 is 0 Å². The Hall–Kier alpha value is -1.17. The number of ether oxygens (including phenoxy) is 1. The van der Waals surface area contributed by atoms with E-state index >= 15 is 0 Å². The Balaban J connectivity index is 1.50. The molecule has 1 aromatic rings. The zero-order valence-corrected chi connectivity index (χ0v) is 13.1. The zero-order valence-electron chi connectivity index (χ0n) is 12.3. The number of amides is 1. The Morgan fingerprint density at radius 2 is 2.24 bits per heavy atom. The molecule has 1 fully saturated rings. The topological polar surface area (TPSA) is 64.3 Å². The SMILES string of the molecule is NC1CCC(OCCCNC(=O)C=Cc2cccs2)CC1. The maximum atomic E-state index is 11.6. The van der Waals surface area contributed by atoms with Gasteiger partial charge in [-0.3, -0.25) is 4.79 Å². The minimum Gasteiger partial charge on any atom is -0.378 e. The van der Waals surface area contributed by atoms with E-state index in [-0.39, 0.29) is 5.91 Å². The summed E-state index contributed by atoms with van der Waals surface area (Å²) in [6, 6.07) is 4.31. The largest absolute Gasteiger partial charge is 0.378 e. The molecule has 1 aliphatic carbocycles. The van der Waals surface area contributed by atoms with Crippen molar-refractivity contribution in [3.63, 3.8) is 0 Å². The smallest absolute Gasteiger partial charge is 0.244 e. The molecule has 0 spiro atoms. The number of nitrogens with two attached hydrogens (primary N) is 1. The second-order valence-electron chi connectivity index (χ2n) is 5.40. The van der Waals surface area contributed by atoms with Crippen LogP contribution >= 0.6 is 11.3 Å². The van der Waals surface area contributed by atoms with E-state index in [2.05, 4.69) is 5.32 Å². The van der Waals surface area contributed by atoms with E-state index in [4.69, 9.17) is 10.5 Å². The number of hydrogen-bond acceptors (Lipinski definition) is 4. The minimum atomic E-state index is -0.0490. The van der Waals surface area contributed by atoms with Gasteiger partial charge in [0, 0.05) is 30.1 Å². The molecule has 1 aliphatic rings. The van der Waals surface area contributed by atoms with Crippen molar-refractivity contribution in [2.24, 2.45) is 5.73 Å². The molecule has 2 rings (SSSR count). The normalized spacial score (nSPS) is 22.5. The predicted octanol–water partition coefficient (Wildman–Crippen LogP) is 2.55. The monoisotopic (exact) mass is 308 g/mol. The lowest BCUT2D eigenvalue weighted by Crippen LogP contribution is -2.31. The quantitative estimate of drug-likeness (QED) is 0.601. The van der Waals surface area contributed by atoms with Gasteiger partial charge in [0.1, 0.15) is 0 Å². The number of thiophene rings is 1. The van der Waals surface area contributed by atoms with E-state index in [0.717, 1.165) is 37.0 Å². The molecule has 1 amide bonds. The first-order valence-corrected chi connectivity index (χ1v) is 8.48. The standard InChI is InChI=1S/C16H24N2O2S/c17-13-4-6-14(7-5-13)20-11-2-10-18-16(19)9-8-15-3-1-12-21-15/h1,3,8-9,12-14H,2,4-7,10-11,17H2,(H,18,19). The molecule has 1 aromatic heterocycles. The third-order valence-corrected chi connectivity index (χ3v) is 4.47. The van der Waals surface area contributed by atoms with Crippen LogP contribution in [0.2, 0.25) is 0 Å². The molecule has 116 valence electrons. The number of nitrogens with one attached hydrogen (secondary N) is 1.